The van der Waals surface area contributed by atoms with Gasteiger partial charge in [0.05, 0.1) is 0 Å². The Morgan fingerprint density at radius 3 is 2.44 bits per heavy atom. The van der Waals surface area contributed by atoms with Crippen LogP contribution in [0.25, 0.3) is 0 Å². The zero-order chi connectivity index (χ0) is 12.6. The topological polar surface area (TPSA) is 50.4 Å². The van der Waals surface area contributed by atoms with E-state index < -0.39 is 5.60 Å². The summed E-state index contributed by atoms with van der Waals surface area (Å²) in [6, 6.07) is 0. The van der Waals surface area contributed by atoms with E-state index in [2.05, 4.69) is 17.6 Å². The molecule has 0 saturated carbocycles. The van der Waals surface area contributed by atoms with Crippen LogP contribution in [0, 0.1) is 5.92 Å². The fraction of sp³-hybridized carbons (Fsp3) is 0.917. The normalized spacial score (nSPS) is 13.3. The molecule has 0 bridgehead atoms. The van der Waals surface area contributed by atoms with Crippen LogP contribution in [0.3, 0.4) is 0 Å². The van der Waals surface area contributed by atoms with Crippen molar-refractivity contribution in [1.82, 2.24) is 10.6 Å². The molecule has 0 aromatic carbocycles. The molecule has 0 rings (SSSR count). The Bertz CT molecular complexity index is 200. The van der Waals surface area contributed by atoms with E-state index in [-0.39, 0.29) is 6.09 Å². The van der Waals surface area contributed by atoms with Gasteiger partial charge in [0.2, 0.25) is 0 Å². The Kier molecular flexibility index (Phi) is 7.13. The average Bonchev–Trinajstić information content (AvgIpc) is 2.15. The molecule has 4 heteroatoms. The Balaban J connectivity index is 3.79. The van der Waals surface area contributed by atoms with E-state index in [0.717, 1.165) is 19.4 Å². The lowest BCUT2D eigenvalue weighted by atomic mass is 10.0. The largest absolute Gasteiger partial charge is 0.444 e. The van der Waals surface area contributed by atoms with E-state index in [1.807, 2.05) is 27.8 Å². The quantitative estimate of drug-likeness (QED) is 0.735. The number of hydrogen-bond acceptors (Lipinski definition) is 3. The van der Waals surface area contributed by atoms with Crippen LogP contribution in [0.4, 0.5) is 4.79 Å². The number of carbonyl (C=O) groups is 1. The maximum Gasteiger partial charge on any atom is 0.407 e. The molecule has 0 aromatic heterocycles. The van der Waals surface area contributed by atoms with Gasteiger partial charge in [-0.25, -0.2) is 4.79 Å². The molecule has 0 radical (unpaired) electrons. The molecule has 1 unspecified atom stereocenters. The van der Waals surface area contributed by atoms with Crippen molar-refractivity contribution in [2.75, 3.05) is 20.1 Å². The van der Waals surface area contributed by atoms with E-state index in [1.54, 1.807) is 0 Å². The molecule has 96 valence electrons. The summed E-state index contributed by atoms with van der Waals surface area (Å²) in [7, 11) is 1.94. The zero-order valence-electron chi connectivity index (χ0n) is 11.2. The number of amides is 1. The molecular weight excluding hydrogens is 204 g/mol. The molecule has 1 atom stereocenters. The number of alkyl carbamates (subject to hydrolysis) is 1. The molecule has 2 N–H and O–H groups in total. The number of rotatable bonds is 6. The van der Waals surface area contributed by atoms with Crippen LogP contribution in [0.5, 0.6) is 0 Å². The molecule has 0 aliphatic carbocycles. The lowest BCUT2D eigenvalue weighted by molar-refractivity contribution is 0.0518. The zero-order valence-corrected chi connectivity index (χ0v) is 11.2. The summed E-state index contributed by atoms with van der Waals surface area (Å²) >= 11 is 0. The highest BCUT2D eigenvalue weighted by molar-refractivity contribution is 5.67. The maximum absolute atomic E-state index is 11.4. The minimum Gasteiger partial charge on any atom is -0.444 e. The van der Waals surface area contributed by atoms with Gasteiger partial charge in [-0.05, 0) is 46.7 Å². The van der Waals surface area contributed by atoms with Gasteiger partial charge < -0.3 is 15.4 Å². The molecule has 0 fully saturated rings. The maximum atomic E-state index is 11.4. The molecule has 1 amide bonds. The summed E-state index contributed by atoms with van der Waals surface area (Å²) in [6.07, 6.45) is 1.82. The van der Waals surface area contributed by atoms with Crippen LogP contribution in [-0.2, 0) is 4.74 Å². The fourth-order valence-corrected chi connectivity index (χ4v) is 1.34. The van der Waals surface area contributed by atoms with Crippen LogP contribution in [-0.4, -0.2) is 31.8 Å². The van der Waals surface area contributed by atoms with E-state index >= 15 is 0 Å². The highest BCUT2D eigenvalue weighted by atomic mass is 16.6. The van der Waals surface area contributed by atoms with Crippen molar-refractivity contribution < 1.29 is 9.53 Å². The van der Waals surface area contributed by atoms with Gasteiger partial charge in [0, 0.05) is 6.54 Å². The average molecular weight is 230 g/mol. The van der Waals surface area contributed by atoms with Crippen molar-refractivity contribution in [3.05, 3.63) is 0 Å². The number of ether oxygens (including phenoxy) is 1. The van der Waals surface area contributed by atoms with Crippen molar-refractivity contribution in [2.24, 2.45) is 5.92 Å². The Morgan fingerprint density at radius 1 is 1.38 bits per heavy atom. The van der Waals surface area contributed by atoms with Gasteiger partial charge in [-0.2, -0.15) is 0 Å². The highest BCUT2D eigenvalue weighted by Gasteiger charge is 2.16. The van der Waals surface area contributed by atoms with Gasteiger partial charge in [-0.1, -0.05) is 13.3 Å². The second-order valence-corrected chi connectivity index (χ2v) is 5.05. The lowest BCUT2D eigenvalue weighted by Crippen LogP contribution is -2.35. The van der Waals surface area contributed by atoms with Crippen molar-refractivity contribution >= 4 is 6.09 Å². The third-order valence-corrected chi connectivity index (χ3v) is 2.31. The summed E-state index contributed by atoms with van der Waals surface area (Å²) in [5, 5.41) is 5.92. The minimum absolute atomic E-state index is 0.324. The molecule has 0 aromatic rings. The molecule has 0 saturated heterocycles. The molecule has 0 heterocycles. The van der Waals surface area contributed by atoms with Gasteiger partial charge in [0.15, 0.2) is 0 Å². The van der Waals surface area contributed by atoms with Crippen LogP contribution in [0.1, 0.15) is 40.5 Å². The van der Waals surface area contributed by atoms with E-state index in [1.165, 1.54) is 0 Å². The second-order valence-electron chi connectivity index (χ2n) is 5.05. The van der Waals surface area contributed by atoms with Crippen molar-refractivity contribution in [2.45, 2.75) is 46.1 Å². The summed E-state index contributed by atoms with van der Waals surface area (Å²) in [6.45, 7) is 9.40. The van der Waals surface area contributed by atoms with Gasteiger partial charge >= 0.3 is 6.09 Å². The van der Waals surface area contributed by atoms with Crippen molar-refractivity contribution in [3.8, 4) is 0 Å². The molecule has 4 nitrogen and oxygen atoms in total. The summed E-state index contributed by atoms with van der Waals surface area (Å²) < 4.78 is 5.17. The van der Waals surface area contributed by atoms with Crippen LogP contribution in [0.15, 0.2) is 0 Å². The van der Waals surface area contributed by atoms with E-state index in [9.17, 15) is 4.79 Å². The first-order chi connectivity index (χ1) is 7.39. The molecule has 0 spiro atoms. The Labute approximate surface area is 99.1 Å². The lowest BCUT2D eigenvalue weighted by Gasteiger charge is -2.21. The fourth-order valence-electron chi connectivity index (χ4n) is 1.34. The van der Waals surface area contributed by atoms with Crippen LogP contribution in [0.2, 0.25) is 0 Å². The van der Waals surface area contributed by atoms with Crippen LogP contribution < -0.4 is 10.6 Å². The third kappa shape index (κ3) is 8.53. The van der Waals surface area contributed by atoms with E-state index in [4.69, 9.17) is 4.74 Å². The second kappa shape index (κ2) is 7.49. The smallest absolute Gasteiger partial charge is 0.407 e. The van der Waals surface area contributed by atoms with Gasteiger partial charge in [0.1, 0.15) is 5.60 Å². The number of carbonyl (C=O) groups excluding carboxylic acids is 1. The summed E-state index contributed by atoms with van der Waals surface area (Å²) in [5.74, 6) is 0.514. The highest BCUT2D eigenvalue weighted by Crippen LogP contribution is 2.08. The van der Waals surface area contributed by atoms with Gasteiger partial charge in [-0.3, -0.25) is 0 Å². The van der Waals surface area contributed by atoms with Crippen LogP contribution >= 0.6 is 0 Å². The van der Waals surface area contributed by atoms with Crippen molar-refractivity contribution in [1.29, 1.82) is 0 Å². The molecule has 16 heavy (non-hydrogen) atoms. The SMILES string of the molecule is CCC(CCNC)CNC(=O)OC(C)(C)C. The first-order valence-electron chi connectivity index (χ1n) is 6.00. The Morgan fingerprint density at radius 2 is 2.00 bits per heavy atom. The standard InChI is InChI=1S/C12H26N2O2/c1-6-10(7-8-13-5)9-14-11(15)16-12(2,3)4/h10,13H,6-9H2,1-5H3,(H,14,15). The summed E-state index contributed by atoms with van der Waals surface area (Å²) in [4.78, 5) is 11.4. The molecular formula is C12H26N2O2. The van der Waals surface area contributed by atoms with E-state index in [0.29, 0.717) is 12.5 Å². The predicted octanol–water partition coefficient (Wildman–Crippen LogP) is 2.15. The Hall–Kier alpha value is -0.770. The van der Waals surface area contributed by atoms with Gasteiger partial charge in [-0.15, -0.1) is 0 Å². The third-order valence-electron chi connectivity index (χ3n) is 2.31. The monoisotopic (exact) mass is 230 g/mol. The summed E-state index contributed by atoms with van der Waals surface area (Å²) in [5.41, 5.74) is -0.420. The number of nitrogens with one attached hydrogen (secondary N) is 2. The first kappa shape index (κ1) is 15.2. The molecule has 0 aliphatic rings. The number of hydrogen-bond donors (Lipinski definition) is 2. The minimum atomic E-state index is -0.420. The molecule has 0 aliphatic heterocycles. The first-order valence-corrected chi connectivity index (χ1v) is 6.00. The van der Waals surface area contributed by atoms with Gasteiger partial charge in [0.25, 0.3) is 0 Å². The predicted molar refractivity (Wildman–Crippen MR) is 66.6 cm³/mol. The van der Waals surface area contributed by atoms with Crippen molar-refractivity contribution in [3.63, 3.8) is 0 Å².